The van der Waals surface area contributed by atoms with Gasteiger partial charge < -0.3 is 20.9 Å². The second-order valence-electron chi connectivity index (χ2n) is 5.47. The molecule has 0 saturated carbocycles. The van der Waals surface area contributed by atoms with E-state index in [0.717, 1.165) is 18.5 Å². The lowest BCUT2D eigenvalue weighted by Crippen LogP contribution is -2.47. The summed E-state index contributed by atoms with van der Waals surface area (Å²) < 4.78 is 0. The number of nitrogens with one attached hydrogen (secondary N) is 3. The number of piperidine rings is 1. The van der Waals surface area contributed by atoms with Crippen LogP contribution in [0.3, 0.4) is 0 Å². The van der Waals surface area contributed by atoms with Gasteiger partial charge in [-0.1, -0.05) is 18.2 Å². The maximum absolute atomic E-state index is 11.9. The molecule has 1 aliphatic heterocycles. The van der Waals surface area contributed by atoms with Gasteiger partial charge in [0.05, 0.1) is 0 Å². The number of carbonyl (C=O) groups excluding carboxylic acids is 2. The number of urea groups is 1. The molecular weight excluding hydrogens is 280 g/mol. The van der Waals surface area contributed by atoms with Crippen LogP contribution in [0.1, 0.15) is 19.3 Å². The summed E-state index contributed by atoms with van der Waals surface area (Å²) in [7, 11) is 1.84. The molecule has 1 aromatic carbocycles. The molecule has 0 atom stereocenters. The van der Waals surface area contributed by atoms with Crippen molar-refractivity contribution in [2.45, 2.75) is 25.3 Å². The van der Waals surface area contributed by atoms with Crippen LogP contribution in [-0.2, 0) is 4.79 Å². The van der Waals surface area contributed by atoms with E-state index in [0.29, 0.717) is 26.1 Å². The van der Waals surface area contributed by atoms with Gasteiger partial charge in [0, 0.05) is 37.8 Å². The van der Waals surface area contributed by atoms with Gasteiger partial charge in [-0.25, -0.2) is 4.79 Å². The number of benzene rings is 1. The van der Waals surface area contributed by atoms with Crippen molar-refractivity contribution in [1.29, 1.82) is 0 Å². The van der Waals surface area contributed by atoms with Gasteiger partial charge in [-0.3, -0.25) is 4.79 Å². The third-order valence-electron chi connectivity index (χ3n) is 3.80. The molecule has 0 unspecified atom stereocenters. The molecule has 1 saturated heterocycles. The Balaban J connectivity index is 1.71. The number of anilines is 1. The van der Waals surface area contributed by atoms with E-state index in [1.54, 1.807) is 0 Å². The molecule has 6 heteroatoms. The summed E-state index contributed by atoms with van der Waals surface area (Å²) in [5, 5.41) is 8.76. The van der Waals surface area contributed by atoms with E-state index < -0.39 is 0 Å². The van der Waals surface area contributed by atoms with Gasteiger partial charge in [0.2, 0.25) is 5.91 Å². The van der Waals surface area contributed by atoms with Crippen molar-refractivity contribution in [3.8, 4) is 0 Å². The molecule has 0 aromatic heterocycles. The molecule has 3 N–H and O–H groups in total. The molecule has 1 aliphatic rings. The summed E-state index contributed by atoms with van der Waals surface area (Å²) in [6.45, 7) is 2.12. The van der Waals surface area contributed by atoms with Crippen molar-refractivity contribution in [3.63, 3.8) is 0 Å². The van der Waals surface area contributed by atoms with Crippen LogP contribution < -0.4 is 16.0 Å². The minimum Gasteiger partial charge on any atom is -0.343 e. The van der Waals surface area contributed by atoms with Gasteiger partial charge in [-0.05, 0) is 32.0 Å². The first-order chi connectivity index (χ1) is 10.7. The van der Waals surface area contributed by atoms with Crippen molar-refractivity contribution >= 4 is 17.6 Å². The third kappa shape index (κ3) is 5.04. The highest BCUT2D eigenvalue weighted by Gasteiger charge is 2.23. The molecule has 1 heterocycles. The summed E-state index contributed by atoms with van der Waals surface area (Å²) in [4.78, 5) is 25.7. The van der Waals surface area contributed by atoms with Gasteiger partial charge in [-0.15, -0.1) is 0 Å². The summed E-state index contributed by atoms with van der Waals surface area (Å²) in [5.41, 5.74) is 0.777. The Morgan fingerprint density at radius 1 is 1.18 bits per heavy atom. The summed E-state index contributed by atoms with van der Waals surface area (Å²) in [6, 6.07) is 9.30. The van der Waals surface area contributed by atoms with E-state index in [-0.39, 0.29) is 18.0 Å². The Hall–Kier alpha value is -2.08. The number of amides is 3. The molecule has 1 fully saturated rings. The Kier molecular flexibility index (Phi) is 6.21. The SMILES string of the molecule is CNCCC(=O)N1CCC(NC(=O)Nc2ccccc2)CC1. The number of rotatable bonds is 5. The topological polar surface area (TPSA) is 73.5 Å². The fourth-order valence-corrected chi connectivity index (χ4v) is 2.54. The normalized spacial score (nSPS) is 15.4. The van der Waals surface area contributed by atoms with Crippen LogP contribution in [0, 0.1) is 0 Å². The third-order valence-corrected chi connectivity index (χ3v) is 3.80. The van der Waals surface area contributed by atoms with Gasteiger partial charge >= 0.3 is 6.03 Å². The van der Waals surface area contributed by atoms with E-state index >= 15 is 0 Å². The summed E-state index contributed by atoms with van der Waals surface area (Å²) >= 11 is 0. The van der Waals surface area contributed by atoms with Gasteiger partial charge in [-0.2, -0.15) is 0 Å². The number of carbonyl (C=O) groups is 2. The van der Waals surface area contributed by atoms with Crippen LogP contribution in [0.25, 0.3) is 0 Å². The fraction of sp³-hybridized carbons (Fsp3) is 0.500. The monoisotopic (exact) mass is 304 g/mol. The van der Waals surface area contributed by atoms with Crippen LogP contribution in [0.15, 0.2) is 30.3 Å². The predicted octanol–water partition coefficient (Wildman–Crippen LogP) is 1.41. The maximum atomic E-state index is 11.9. The molecule has 0 aliphatic carbocycles. The largest absolute Gasteiger partial charge is 0.343 e. The minimum absolute atomic E-state index is 0.122. The molecular formula is C16H24N4O2. The molecule has 0 radical (unpaired) electrons. The highest BCUT2D eigenvalue weighted by Crippen LogP contribution is 2.12. The molecule has 0 bridgehead atoms. The van der Waals surface area contributed by atoms with E-state index in [1.807, 2.05) is 42.3 Å². The molecule has 2 rings (SSSR count). The average molecular weight is 304 g/mol. The lowest BCUT2D eigenvalue weighted by atomic mass is 10.0. The average Bonchev–Trinajstić information content (AvgIpc) is 2.54. The first-order valence-corrected chi connectivity index (χ1v) is 7.74. The van der Waals surface area contributed by atoms with Gasteiger partial charge in [0.15, 0.2) is 0 Å². The van der Waals surface area contributed by atoms with Crippen molar-refractivity contribution in [2.24, 2.45) is 0 Å². The van der Waals surface area contributed by atoms with Crippen LogP contribution in [0.5, 0.6) is 0 Å². The summed E-state index contributed by atoms with van der Waals surface area (Å²) in [6.07, 6.45) is 2.13. The molecule has 3 amide bonds. The highest BCUT2D eigenvalue weighted by molar-refractivity contribution is 5.89. The number of hydrogen-bond acceptors (Lipinski definition) is 3. The van der Waals surface area contributed by atoms with E-state index in [9.17, 15) is 9.59 Å². The fourth-order valence-electron chi connectivity index (χ4n) is 2.54. The van der Waals surface area contributed by atoms with E-state index in [4.69, 9.17) is 0 Å². The highest BCUT2D eigenvalue weighted by atomic mass is 16.2. The molecule has 6 nitrogen and oxygen atoms in total. The quantitative estimate of drug-likeness (QED) is 0.770. The standard InChI is InChI=1S/C16H24N4O2/c1-17-10-7-15(21)20-11-8-14(9-12-20)19-16(22)18-13-5-3-2-4-6-13/h2-6,14,17H,7-12H2,1H3,(H2,18,19,22). The first-order valence-electron chi connectivity index (χ1n) is 7.74. The molecule has 1 aromatic rings. The number of para-hydroxylation sites is 1. The van der Waals surface area contributed by atoms with Gasteiger partial charge in [0.25, 0.3) is 0 Å². The lowest BCUT2D eigenvalue weighted by Gasteiger charge is -2.32. The van der Waals surface area contributed by atoms with Crippen LogP contribution in [-0.4, -0.2) is 49.6 Å². The molecule has 120 valence electrons. The zero-order valence-electron chi connectivity index (χ0n) is 13.0. The smallest absolute Gasteiger partial charge is 0.319 e. The van der Waals surface area contributed by atoms with Crippen molar-refractivity contribution in [1.82, 2.24) is 15.5 Å². The van der Waals surface area contributed by atoms with Crippen LogP contribution >= 0.6 is 0 Å². The number of likely N-dealkylation sites (tertiary alicyclic amines) is 1. The number of nitrogens with zero attached hydrogens (tertiary/aromatic N) is 1. The Labute approximate surface area is 131 Å². The van der Waals surface area contributed by atoms with Crippen LogP contribution in [0.4, 0.5) is 10.5 Å². The lowest BCUT2D eigenvalue weighted by molar-refractivity contribution is -0.132. The predicted molar refractivity (Wildman–Crippen MR) is 86.7 cm³/mol. The zero-order valence-corrected chi connectivity index (χ0v) is 13.0. The Bertz CT molecular complexity index is 484. The minimum atomic E-state index is -0.189. The maximum Gasteiger partial charge on any atom is 0.319 e. The molecule has 22 heavy (non-hydrogen) atoms. The van der Waals surface area contributed by atoms with E-state index in [1.165, 1.54) is 0 Å². The van der Waals surface area contributed by atoms with Crippen LogP contribution in [0.2, 0.25) is 0 Å². The Morgan fingerprint density at radius 3 is 2.50 bits per heavy atom. The number of hydrogen-bond donors (Lipinski definition) is 3. The Morgan fingerprint density at radius 2 is 1.86 bits per heavy atom. The van der Waals surface area contributed by atoms with E-state index in [2.05, 4.69) is 16.0 Å². The van der Waals surface area contributed by atoms with Crippen molar-refractivity contribution in [2.75, 3.05) is 32.0 Å². The van der Waals surface area contributed by atoms with Crippen molar-refractivity contribution in [3.05, 3.63) is 30.3 Å². The van der Waals surface area contributed by atoms with Gasteiger partial charge in [0.1, 0.15) is 0 Å². The zero-order chi connectivity index (χ0) is 15.8. The van der Waals surface area contributed by atoms with Crippen molar-refractivity contribution < 1.29 is 9.59 Å². The second-order valence-corrected chi connectivity index (χ2v) is 5.47. The molecule has 0 spiro atoms. The first kappa shape index (κ1) is 16.3. The summed E-state index contributed by atoms with van der Waals surface area (Å²) in [5.74, 6) is 0.182. The second kappa shape index (κ2) is 8.38.